The zero-order valence-corrected chi connectivity index (χ0v) is 9.13. The summed E-state index contributed by atoms with van der Waals surface area (Å²) in [6, 6.07) is 0. The summed E-state index contributed by atoms with van der Waals surface area (Å²) in [5.41, 5.74) is 0. The van der Waals surface area contributed by atoms with E-state index in [1.54, 1.807) is 0 Å². The van der Waals surface area contributed by atoms with Gasteiger partial charge >= 0.3 is 5.97 Å². The van der Waals surface area contributed by atoms with Gasteiger partial charge in [-0.2, -0.15) is 0 Å². The van der Waals surface area contributed by atoms with Gasteiger partial charge in [-0.05, 0) is 6.92 Å². The van der Waals surface area contributed by atoms with Gasteiger partial charge in [0.25, 0.3) is 0 Å². The molecule has 100 valence electrons. The van der Waals surface area contributed by atoms with E-state index in [2.05, 4.69) is 4.74 Å². The summed E-state index contributed by atoms with van der Waals surface area (Å²) in [7, 11) is 0. The van der Waals surface area contributed by atoms with Crippen molar-refractivity contribution in [1.29, 1.82) is 0 Å². The molecule has 1 aliphatic rings. The SMILES string of the molecule is CC(O)C(=O)O[C@@H]1O[C@H](CO)[C@H](O)[C@H](O)[C@H]1O. The molecule has 8 heteroatoms. The maximum absolute atomic E-state index is 11.1. The number of aliphatic hydroxyl groups is 5. The van der Waals surface area contributed by atoms with Crippen molar-refractivity contribution in [2.45, 2.75) is 43.7 Å². The molecule has 1 fully saturated rings. The predicted octanol–water partition coefficient (Wildman–Crippen LogP) is -3.29. The van der Waals surface area contributed by atoms with Crippen LogP contribution in [0.15, 0.2) is 0 Å². The number of ether oxygens (including phenoxy) is 2. The highest BCUT2D eigenvalue weighted by Gasteiger charge is 2.45. The lowest BCUT2D eigenvalue weighted by Gasteiger charge is -2.39. The number of aliphatic hydroxyl groups excluding tert-OH is 5. The van der Waals surface area contributed by atoms with Crippen molar-refractivity contribution in [3.05, 3.63) is 0 Å². The predicted molar refractivity (Wildman–Crippen MR) is 51.5 cm³/mol. The lowest BCUT2D eigenvalue weighted by atomic mass is 9.99. The van der Waals surface area contributed by atoms with Gasteiger partial charge in [0.1, 0.15) is 30.5 Å². The number of hydrogen-bond acceptors (Lipinski definition) is 8. The number of carbonyl (C=O) groups excluding carboxylic acids is 1. The first kappa shape index (κ1) is 14.3. The fourth-order valence-electron chi connectivity index (χ4n) is 1.38. The lowest BCUT2D eigenvalue weighted by Crippen LogP contribution is -2.59. The van der Waals surface area contributed by atoms with Crippen LogP contribution in [0.25, 0.3) is 0 Å². The molecule has 0 aromatic carbocycles. The average Bonchev–Trinajstić information content (AvgIpc) is 2.29. The molecular weight excluding hydrogens is 236 g/mol. The second kappa shape index (κ2) is 5.71. The second-order valence-electron chi connectivity index (χ2n) is 3.81. The summed E-state index contributed by atoms with van der Waals surface area (Å²) < 4.78 is 9.46. The standard InChI is InChI=1S/C9H16O8/c1-3(11)8(15)17-9-7(14)6(13)5(12)4(2-10)16-9/h3-7,9-14H,2H2,1H3/t3?,4-,5+,6+,7-,9+/m1/s1. The highest BCUT2D eigenvalue weighted by Crippen LogP contribution is 2.22. The van der Waals surface area contributed by atoms with E-state index in [9.17, 15) is 20.1 Å². The van der Waals surface area contributed by atoms with Crippen LogP contribution in [0.4, 0.5) is 0 Å². The fraction of sp³-hybridized carbons (Fsp3) is 0.889. The summed E-state index contributed by atoms with van der Waals surface area (Å²) in [5.74, 6) is -1.05. The molecule has 8 nitrogen and oxygen atoms in total. The molecule has 5 N–H and O–H groups in total. The first-order valence-electron chi connectivity index (χ1n) is 5.07. The molecule has 0 radical (unpaired) electrons. The van der Waals surface area contributed by atoms with Crippen molar-refractivity contribution in [2.24, 2.45) is 0 Å². The maximum Gasteiger partial charge on any atom is 0.337 e. The van der Waals surface area contributed by atoms with Crippen molar-refractivity contribution in [3.63, 3.8) is 0 Å². The molecule has 6 atom stereocenters. The molecule has 0 bridgehead atoms. The van der Waals surface area contributed by atoms with Gasteiger partial charge in [-0.1, -0.05) is 0 Å². The van der Waals surface area contributed by atoms with Crippen LogP contribution in [-0.2, 0) is 14.3 Å². The van der Waals surface area contributed by atoms with Crippen LogP contribution in [-0.4, -0.2) is 74.9 Å². The quantitative estimate of drug-likeness (QED) is 0.330. The molecule has 1 heterocycles. The van der Waals surface area contributed by atoms with Gasteiger partial charge in [-0.25, -0.2) is 4.79 Å². The van der Waals surface area contributed by atoms with Crippen molar-refractivity contribution >= 4 is 5.97 Å². The minimum Gasteiger partial charge on any atom is -0.431 e. The van der Waals surface area contributed by atoms with Crippen LogP contribution in [0.1, 0.15) is 6.92 Å². The van der Waals surface area contributed by atoms with E-state index >= 15 is 0 Å². The fourth-order valence-corrected chi connectivity index (χ4v) is 1.38. The molecule has 1 rings (SSSR count). The molecule has 1 aliphatic heterocycles. The van der Waals surface area contributed by atoms with Crippen molar-refractivity contribution < 1.29 is 39.8 Å². The largest absolute Gasteiger partial charge is 0.431 e. The Morgan fingerprint density at radius 1 is 1.29 bits per heavy atom. The van der Waals surface area contributed by atoms with E-state index in [0.717, 1.165) is 6.92 Å². The zero-order chi connectivity index (χ0) is 13.2. The Morgan fingerprint density at radius 3 is 2.35 bits per heavy atom. The molecule has 0 aromatic heterocycles. The van der Waals surface area contributed by atoms with Crippen LogP contribution in [0.2, 0.25) is 0 Å². The zero-order valence-electron chi connectivity index (χ0n) is 9.13. The molecule has 17 heavy (non-hydrogen) atoms. The Balaban J connectivity index is 2.69. The van der Waals surface area contributed by atoms with E-state index < -0.39 is 49.4 Å². The average molecular weight is 252 g/mol. The van der Waals surface area contributed by atoms with Gasteiger partial charge in [0, 0.05) is 0 Å². The first-order chi connectivity index (χ1) is 7.88. The normalized spacial score (nSPS) is 39.8. The van der Waals surface area contributed by atoms with Gasteiger partial charge in [-0.3, -0.25) is 0 Å². The first-order valence-corrected chi connectivity index (χ1v) is 5.07. The van der Waals surface area contributed by atoms with Gasteiger partial charge in [0.15, 0.2) is 0 Å². The van der Waals surface area contributed by atoms with Gasteiger partial charge in [0.05, 0.1) is 6.61 Å². The van der Waals surface area contributed by atoms with E-state index in [-0.39, 0.29) is 0 Å². The van der Waals surface area contributed by atoms with Crippen LogP contribution >= 0.6 is 0 Å². The lowest BCUT2D eigenvalue weighted by molar-refractivity contribution is -0.294. The number of carbonyl (C=O) groups is 1. The molecule has 0 saturated carbocycles. The number of hydrogen-bond donors (Lipinski definition) is 5. The Morgan fingerprint density at radius 2 is 1.88 bits per heavy atom. The van der Waals surface area contributed by atoms with Gasteiger partial charge in [-0.15, -0.1) is 0 Å². The van der Waals surface area contributed by atoms with E-state index in [1.807, 2.05) is 0 Å². The van der Waals surface area contributed by atoms with E-state index in [1.165, 1.54) is 0 Å². The third-order valence-electron chi connectivity index (χ3n) is 2.42. The van der Waals surface area contributed by atoms with Crippen molar-refractivity contribution in [3.8, 4) is 0 Å². The monoisotopic (exact) mass is 252 g/mol. The molecule has 0 spiro atoms. The molecule has 1 saturated heterocycles. The minimum atomic E-state index is -1.66. The van der Waals surface area contributed by atoms with Crippen LogP contribution in [0, 0.1) is 0 Å². The third kappa shape index (κ3) is 3.12. The van der Waals surface area contributed by atoms with Crippen LogP contribution < -0.4 is 0 Å². The van der Waals surface area contributed by atoms with Crippen molar-refractivity contribution in [2.75, 3.05) is 6.61 Å². The Labute approximate surface area is 97.0 Å². The molecule has 0 amide bonds. The highest BCUT2D eigenvalue weighted by atomic mass is 16.7. The highest BCUT2D eigenvalue weighted by molar-refractivity contribution is 5.73. The van der Waals surface area contributed by atoms with Crippen LogP contribution in [0.5, 0.6) is 0 Å². The summed E-state index contributed by atoms with van der Waals surface area (Å²) in [4.78, 5) is 11.1. The van der Waals surface area contributed by atoms with E-state index in [4.69, 9.17) is 14.9 Å². The minimum absolute atomic E-state index is 0.617. The molecule has 0 aliphatic carbocycles. The van der Waals surface area contributed by atoms with Gasteiger partial charge in [0.2, 0.25) is 6.29 Å². The van der Waals surface area contributed by atoms with Crippen LogP contribution in [0.3, 0.4) is 0 Å². The third-order valence-corrected chi connectivity index (χ3v) is 2.42. The molecule has 1 unspecified atom stereocenters. The second-order valence-corrected chi connectivity index (χ2v) is 3.81. The topological polar surface area (TPSA) is 137 Å². The Kier molecular flexibility index (Phi) is 4.80. The van der Waals surface area contributed by atoms with Crippen molar-refractivity contribution in [1.82, 2.24) is 0 Å². The van der Waals surface area contributed by atoms with Gasteiger partial charge < -0.3 is 35.0 Å². The summed E-state index contributed by atoms with van der Waals surface area (Å²) in [5, 5.41) is 46.0. The summed E-state index contributed by atoms with van der Waals surface area (Å²) in [6.07, 6.45) is -8.91. The summed E-state index contributed by atoms with van der Waals surface area (Å²) >= 11 is 0. The molecule has 0 aromatic rings. The Bertz CT molecular complexity index is 266. The Hall–Kier alpha value is -0.770. The summed E-state index contributed by atoms with van der Waals surface area (Å²) in [6.45, 7) is 0.542. The number of rotatable bonds is 3. The number of esters is 1. The smallest absolute Gasteiger partial charge is 0.337 e. The maximum atomic E-state index is 11.1. The van der Waals surface area contributed by atoms with E-state index in [0.29, 0.717) is 0 Å². The molecular formula is C9H16O8.